The highest BCUT2D eigenvalue weighted by atomic mass is 32.1. The number of rotatable bonds is 5. The van der Waals surface area contributed by atoms with Gasteiger partial charge in [0.2, 0.25) is 5.91 Å². The first-order valence-electron chi connectivity index (χ1n) is 7.74. The van der Waals surface area contributed by atoms with Crippen molar-refractivity contribution in [2.24, 2.45) is 0 Å². The molecule has 3 rings (SSSR count). The maximum atomic E-state index is 12.2. The molecule has 2 fully saturated rings. The van der Waals surface area contributed by atoms with Crippen LogP contribution >= 0.6 is 11.3 Å². The molecule has 1 aromatic heterocycles. The van der Waals surface area contributed by atoms with E-state index in [4.69, 9.17) is 0 Å². The predicted octanol–water partition coefficient (Wildman–Crippen LogP) is -0.0134. The summed E-state index contributed by atoms with van der Waals surface area (Å²) in [6.07, 6.45) is 1.04. The summed E-state index contributed by atoms with van der Waals surface area (Å²) < 4.78 is 0. The third-order valence-corrected chi connectivity index (χ3v) is 5.15. The number of hydrogen-bond acceptors (Lipinski definition) is 5. The van der Waals surface area contributed by atoms with E-state index in [-0.39, 0.29) is 24.9 Å². The fourth-order valence-electron chi connectivity index (χ4n) is 2.79. The Morgan fingerprint density at radius 3 is 2.61 bits per heavy atom. The Morgan fingerprint density at radius 2 is 2.00 bits per heavy atom. The van der Waals surface area contributed by atoms with Crippen molar-refractivity contribution in [2.75, 3.05) is 45.8 Å². The molecule has 8 heteroatoms. The smallest absolute Gasteiger partial charge is 0.325 e. The lowest BCUT2D eigenvalue weighted by Gasteiger charge is -2.35. The Hall–Kier alpha value is -1.93. The van der Waals surface area contributed by atoms with Gasteiger partial charge in [-0.15, -0.1) is 11.3 Å². The van der Waals surface area contributed by atoms with Gasteiger partial charge in [0.15, 0.2) is 0 Å². The molecule has 2 saturated heterocycles. The zero-order valence-corrected chi connectivity index (χ0v) is 13.7. The van der Waals surface area contributed by atoms with Gasteiger partial charge in [-0.1, -0.05) is 6.07 Å². The minimum Gasteiger partial charge on any atom is -0.339 e. The van der Waals surface area contributed by atoms with Gasteiger partial charge in [0.05, 0.1) is 6.54 Å². The summed E-state index contributed by atoms with van der Waals surface area (Å²) in [5.41, 5.74) is 0. The SMILES string of the molecule is O=C(CN1C(=O)CNC1=O)N1CCN(CCc2cccs2)CC1. The lowest BCUT2D eigenvalue weighted by Crippen LogP contribution is -2.52. The number of carbonyl (C=O) groups excluding carboxylic acids is 3. The molecule has 4 amide bonds. The number of amides is 4. The van der Waals surface area contributed by atoms with E-state index in [1.807, 2.05) is 0 Å². The molecule has 7 nitrogen and oxygen atoms in total. The monoisotopic (exact) mass is 336 g/mol. The van der Waals surface area contributed by atoms with Crippen molar-refractivity contribution in [2.45, 2.75) is 6.42 Å². The predicted molar refractivity (Wildman–Crippen MR) is 86.2 cm³/mol. The van der Waals surface area contributed by atoms with E-state index in [1.165, 1.54) is 4.88 Å². The first-order valence-corrected chi connectivity index (χ1v) is 8.62. The summed E-state index contributed by atoms with van der Waals surface area (Å²) in [7, 11) is 0. The molecule has 124 valence electrons. The van der Waals surface area contributed by atoms with Gasteiger partial charge in [-0.05, 0) is 17.9 Å². The molecule has 0 aliphatic carbocycles. The van der Waals surface area contributed by atoms with E-state index in [0.29, 0.717) is 13.1 Å². The van der Waals surface area contributed by atoms with Gasteiger partial charge < -0.3 is 10.2 Å². The summed E-state index contributed by atoms with van der Waals surface area (Å²) in [5.74, 6) is -0.494. The second-order valence-electron chi connectivity index (χ2n) is 5.69. The Kier molecular flexibility index (Phi) is 4.92. The number of urea groups is 1. The standard InChI is InChI=1S/C15H20N4O3S/c20-13-10-16-15(22)19(13)11-14(21)18-7-5-17(6-8-18)4-3-12-2-1-9-23-12/h1-2,9H,3-8,10-11H2,(H,16,22). The highest BCUT2D eigenvalue weighted by molar-refractivity contribution is 7.09. The molecule has 2 aliphatic rings. The summed E-state index contributed by atoms with van der Waals surface area (Å²) in [4.78, 5) is 41.7. The topological polar surface area (TPSA) is 73.0 Å². The van der Waals surface area contributed by atoms with Crippen molar-refractivity contribution >= 4 is 29.2 Å². The van der Waals surface area contributed by atoms with Gasteiger partial charge in [-0.25, -0.2) is 4.79 Å². The van der Waals surface area contributed by atoms with Crippen LogP contribution in [0.15, 0.2) is 17.5 Å². The number of nitrogens with one attached hydrogen (secondary N) is 1. The number of imide groups is 1. The van der Waals surface area contributed by atoms with Crippen LogP contribution in [0.25, 0.3) is 0 Å². The Morgan fingerprint density at radius 1 is 1.22 bits per heavy atom. The number of hydrogen-bond donors (Lipinski definition) is 1. The molecular weight excluding hydrogens is 316 g/mol. The fourth-order valence-corrected chi connectivity index (χ4v) is 3.49. The third-order valence-electron chi connectivity index (χ3n) is 4.21. The van der Waals surface area contributed by atoms with Crippen LogP contribution in [0.5, 0.6) is 0 Å². The first kappa shape index (κ1) is 15.9. The van der Waals surface area contributed by atoms with Crippen molar-refractivity contribution in [3.8, 4) is 0 Å². The molecule has 1 aromatic rings. The number of nitrogens with zero attached hydrogens (tertiary/aromatic N) is 3. The third kappa shape index (κ3) is 3.89. The largest absolute Gasteiger partial charge is 0.339 e. The fraction of sp³-hybridized carbons (Fsp3) is 0.533. The number of thiophene rings is 1. The van der Waals surface area contributed by atoms with Crippen molar-refractivity contribution in [3.63, 3.8) is 0 Å². The van der Waals surface area contributed by atoms with E-state index in [9.17, 15) is 14.4 Å². The van der Waals surface area contributed by atoms with Crippen LogP contribution in [-0.4, -0.2) is 78.4 Å². The lowest BCUT2D eigenvalue weighted by atomic mass is 10.2. The van der Waals surface area contributed by atoms with Crippen LogP contribution in [0.3, 0.4) is 0 Å². The second-order valence-corrected chi connectivity index (χ2v) is 6.72. The van der Waals surface area contributed by atoms with Crippen LogP contribution in [0, 0.1) is 0 Å². The highest BCUT2D eigenvalue weighted by Gasteiger charge is 2.32. The van der Waals surface area contributed by atoms with E-state index < -0.39 is 6.03 Å². The molecule has 0 unspecified atom stereocenters. The average molecular weight is 336 g/mol. The normalized spacial score (nSPS) is 19.3. The van der Waals surface area contributed by atoms with E-state index in [2.05, 4.69) is 27.7 Å². The zero-order chi connectivity index (χ0) is 16.2. The van der Waals surface area contributed by atoms with Crippen molar-refractivity contribution < 1.29 is 14.4 Å². The minimum absolute atomic E-state index is 0.0113. The molecular formula is C15H20N4O3S. The van der Waals surface area contributed by atoms with Crippen molar-refractivity contribution in [1.82, 2.24) is 20.0 Å². The van der Waals surface area contributed by atoms with E-state index >= 15 is 0 Å². The van der Waals surface area contributed by atoms with Crippen LogP contribution < -0.4 is 5.32 Å². The Balaban J connectivity index is 1.42. The first-order chi connectivity index (χ1) is 11.1. The maximum Gasteiger partial charge on any atom is 0.325 e. The average Bonchev–Trinajstić information content (AvgIpc) is 3.18. The van der Waals surface area contributed by atoms with Gasteiger partial charge in [-0.3, -0.25) is 19.4 Å². The summed E-state index contributed by atoms with van der Waals surface area (Å²) >= 11 is 1.77. The second kappa shape index (κ2) is 7.10. The molecule has 23 heavy (non-hydrogen) atoms. The van der Waals surface area contributed by atoms with Gasteiger partial charge in [0.25, 0.3) is 5.91 Å². The van der Waals surface area contributed by atoms with Crippen molar-refractivity contribution in [3.05, 3.63) is 22.4 Å². The molecule has 1 N–H and O–H groups in total. The molecule has 3 heterocycles. The zero-order valence-electron chi connectivity index (χ0n) is 12.9. The molecule has 2 aliphatic heterocycles. The molecule has 0 aromatic carbocycles. The van der Waals surface area contributed by atoms with E-state index in [1.54, 1.807) is 16.2 Å². The van der Waals surface area contributed by atoms with Crippen molar-refractivity contribution in [1.29, 1.82) is 0 Å². The number of piperazine rings is 1. The molecule has 0 bridgehead atoms. The molecule has 0 radical (unpaired) electrons. The van der Waals surface area contributed by atoms with Crippen LogP contribution in [0.1, 0.15) is 4.88 Å². The van der Waals surface area contributed by atoms with Crippen LogP contribution in [0.2, 0.25) is 0 Å². The lowest BCUT2D eigenvalue weighted by molar-refractivity contribution is -0.137. The maximum absolute atomic E-state index is 12.2. The molecule has 0 atom stereocenters. The summed E-state index contributed by atoms with van der Waals surface area (Å²) in [6, 6.07) is 3.73. The van der Waals surface area contributed by atoms with Gasteiger partial charge in [-0.2, -0.15) is 0 Å². The Labute approximate surface area is 138 Å². The number of carbonyl (C=O) groups is 3. The van der Waals surface area contributed by atoms with Gasteiger partial charge >= 0.3 is 6.03 Å². The molecule has 0 saturated carbocycles. The van der Waals surface area contributed by atoms with Gasteiger partial charge in [0, 0.05) is 37.6 Å². The highest BCUT2D eigenvalue weighted by Crippen LogP contribution is 2.11. The quantitative estimate of drug-likeness (QED) is 0.768. The van der Waals surface area contributed by atoms with Gasteiger partial charge in [0.1, 0.15) is 6.54 Å². The summed E-state index contributed by atoms with van der Waals surface area (Å²) in [5, 5.41) is 4.51. The minimum atomic E-state index is -0.474. The van der Waals surface area contributed by atoms with E-state index in [0.717, 1.165) is 31.0 Å². The molecule has 0 spiro atoms. The Bertz CT molecular complexity index is 566. The summed E-state index contributed by atoms with van der Waals surface area (Å²) in [6.45, 7) is 3.78. The van der Waals surface area contributed by atoms with Crippen LogP contribution in [0.4, 0.5) is 4.79 Å². The van der Waals surface area contributed by atoms with Crippen LogP contribution in [-0.2, 0) is 16.0 Å².